The van der Waals surface area contributed by atoms with Crippen molar-refractivity contribution >= 4 is 17.3 Å². The van der Waals surface area contributed by atoms with E-state index in [0.29, 0.717) is 5.92 Å². The smallest absolute Gasteiger partial charge is 0.312 e. The molecule has 1 saturated carbocycles. The third-order valence-corrected chi connectivity index (χ3v) is 3.92. The van der Waals surface area contributed by atoms with Crippen LogP contribution < -0.4 is 5.32 Å². The second kappa shape index (κ2) is 7.22. The van der Waals surface area contributed by atoms with Crippen LogP contribution in [0.3, 0.4) is 0 Å². The number of rotatable bonds is 5. The molecular weight excluding hydrogens is 288 g/mol. The van der Waals surface area contributed by atoms with Crippen LogP contribution in [-0.2, 0) is 9.53 Å². The van der Waals surface area contributed by atoms with Crippen molar-refractivity contribution in [2.24, 2.45) is 5.92 Å². The Labute approximate surface area is 128 Å². The molecule has 1 amide bonds. The lowest BCUT2D eigenvalue weighted by molar-refractivity contribution is -0.385. The van der Waals surface area contributed by atoms with E-state index >= 15 is 0 Å². The van der Waals surface area contributed by atoms with Gasteiger partial charge in [-0.05, 0) is 30.9 Å². The molecule has 1 aromatic rings. The van der Waals surface area contributed by atoms with Gasteiger partial charge in [0.1, 0.15) is 6.61 Å². The molecule has 2 atom stereocenters. The SMILES string of the molecule is C[C@H]1CCCC[C@@H]1OCC(=O)Nc1ccc(O)c([N+](=O)[O-])c1. The molecule has 120 valence electrons. The highest BCUT2D eigenvalue weighted by molar-refractivity contribution is 5.92. The lowest BCUT2D eigenvalue weighted by atomic mass is 9.88. The number of benzene rings is 1. The predicted molar refractivity (Wildman–Crippen MR) is 80.8 cm³/mol. The molecule has 22 heavy (non-hydrogen) atoms. The quantitative estimate of drug-likeness (QED) is 0.495. The summed E-state index contributed by atoms with van der Waals surface area (Å²) in [6, 6.07) is 3.71. The Balaban J connectivity index is 1.89. The lowest BCUT2D eigenvalue weighted by Crippen LogP contribution is -2.29. The topological polar surface area (TPSA) is 102 Å². The van der Waals surface area contributed by atoms with Crippen LogP contribution in [0.4, 0.5) is 11.4 Å². The summed E-state index contributed by atoms with van der Waals surface area (Å²) in [5, 5.41) is 22.6. The van der Waals surface area contributed by atoms with Crippen molar-refractivity contribution in [3.63, 3.8) is 0 Å². The van der Waals surface area contributed by atoms with Crippen LogP contribution in [0.2, 0.25) is 0 Å². The number of ether oxygens (including phenoxy) is 1. The van der Waals surface area contributed by atoms with Crippen LogP contribution in [0.25, 0.3) is 0 Å². The molecule has 7 nitrogen and oxygen atoms in total. The molecule has 7 heteroatoms. The standard InChI is InChI=1S/C15H20N2O5/c1-10-4-2-3-5-14(10)22-9-15(19)16-11-6-7-13(18)12(8-11)17(20)21/h6-8,10,14,18H,2-5,9H2,1H3,(H,16,19)/t10-,14-/m0/s1. The van der Waals surface area contributed by atoms with E-state index in [-0.39, 0.29) is 24.3 Å². The third kappa shape index (κ3) is 4.17. The van der Waals surface area contributed by atoms with Crippen molar-refractivity contribution in [2.75, 3.05) is 11.9 Å². The molecule has 0 heterocycles. The second-order valence-corrected chi connectivity index (χ2v) is 5.62. The maximum absolute atomic E-state index is 11.9. The molecular formula is C15H20N2O5. The number of carbonyl (C=O) groups excluding carboxylic acids is 1. The number of hydrogen-bond donors (Lipinski definition) is 2. The van der Waals surface area contributed by atoms with Gasteiger partial charge in [0.15, 0.2) is 5.75 Å². The van der Waals surface area contributed by atoms with Gasteiger partial charge in [0.25, 0.3) is 0 Å². The number of nitro benzene ring substituents is 1. The van der Waals surface area contributed by atoms with E-state index in [1.165, 1.54) is 18.6 Å². The summed E-state index contributed by atoms with van der Waals surface area (Å²) in [4.78, 5) is 21.9. The molecule has 1 fully saturated rings. The molecule has 0 spiro atoms. The van der Waals surface area contributed by atoms with Gasteiger partial charge < -0.3 is 15.2 Å². The maximum atomic E-state index is 11.9. The van der Waals surface area contributed by atoms with Crippen LogP contribution in [0.15, 0.2) is 18.2 Å². The van der Waals surface area contributed by atoms with Crippen LogP contribution in [-0.4, -0.2) is 28.6 Å². The second-order valence-electron chi connectivity index (χ2n) is 5.62. The fourth-order valence-electron chi connectivity index (χ4n) is 2.66. The number of phenolic OH excluding ortho intramolecular Hbond substituents is 1. The van der Waals surface area contributed by atoms with Gasteiger partial charge in [0.2, 0.25) is 5.91 Å². The summed E-state index contributed by atoms with van der Waals surface area (Å²) in [5.74, 6) is -0.357. The van der Waals surface area contributed by atoms with Gasteiger partial charge in [-0.2, -0.15) is 0 Å². The Kier molecular flexibility index (Phi) is 5.32. The summed E-state index contributed by atoms with van der Waals surface area (Å²) >= 11 is 0. The zero-order valence-electron chi connectivity index (χ0n) is 12.4. The van der Waals surface area contributed by atoms with Gasteiger partial charge in [-0.1, -0.05) is 19.8 Å². The Bertz CT molecular complexity index is 561. The number of phenols is 1. The van der Waals surface area contributed by atoms with E-state index in [1.54, 1.807) is 0 Å². The minimum Gasteiger partial charge on any atom is -0.502 e. The first kappa shape index (κ1) is 16.2. The molecule has 0 bridgehead atoms. The van der Waals surface area contributed by atoms with E-state index in [9.17, 15) is 20.0 Å². The first-order valence-electron chi connectivity index (χ1n) is 7.36. The number of nitrogens with one attached hydrogen (secondary N) is 1. The zero-order valence-corrected chi connectivity index (χ0v) is 12.4. The van der Waals surface area contributed by atoms with E-state index in [2.05, 4.69) is 12.2 Å². The summed E-state index contributed by atoms with van der Waals surface area (Å²) in [7, 11) is 0. The summed E-state index contributed by atoms with van der Waals surface area (Å²) in [6.45, 7) is 2.04. The number of hydrogen-bond acceptors (Lipinski definition) is 5. The Morgan fingerprint density at radius 1 is 1.45 bits per heavy atom. The van der Waals surface area contributed by atoms with E-state index < -0.39 is 16.4 Å². The number of aromatic hydroxyl groups is 1. The minimum atomic E-state index is -0.703. The molecule has 0 aliphatic heterocycles. The average molecular weight is 308 g/mol. The fraction of sp³-hybridized carbons (Fsp3) is 0.533. The molecule has 1 aromatic carbocycles. The summed E-state index contributed by atoms with van der Waals surface area (Å²) in [6.07, 6.45) is 4.47. The van der Waals surface area contributed by atoms with Gasteiger partial charge in [-0.25, -0.2) is 0 Å². The first-order valence-corrected chi connectivity index (χ1v) is 7.36. The molecule has 0 aromatic heterocycles. The van der Waals surface area contributed by atoms with Crippen molar-refractivity contribution < 1.29 is 19.6 Å². The number of nitrogens with zero attached hydrogens (tertiary/aromatic N) is 1. The Morgan fingerprint density at radius 2 is 2.18 bits per heavy atom. The lowest BCUT2D eigenvalue weighted by Gasteiger charge is -2.28. The van der Waals surface area contributed by atoms with Gasteiger partial charge in [0.05, 0.1) is 11.0 Å². The molecule has 1 aliphatic carbocycles. The monoisotopic (exact) mass is 308 g/mol. The van der Waals surface area contributed by atoms with Gasteiger partial charge in [-0.15, -0.1) is 0 Å². The fourth-order valence-corrected chi connectivity index (χ4v) is 2.66. The molecule has 0 saturated heterocycles. The molecule has 0 unspecified atom stereocenters. The summed E-state index contributed by atoms with van der Waals surface area (Å²) in [5.41, 5.74) is -0.186. The third-order valence-electron chi connectivity index (χ3n) is 3.92. The van der Waals surface area contributed by atoms with Gasteiger partial charge in [-0.3, -0.25) is 14.9 Å². The van der Waals surface area contributed by atoms with Crippen LogP contribution in [0.1, 0.15) is 32.6 Å². The molecule has 0 radical (unpaired) electrons. The largest absolute Gasteiger partial charge is 0.502 e. The van der Waals surface area contributed by atoms with Crippen LogP contribution in [0.5, 0.6) is 5.75 Å². The average Bonchev–Trinajstić information content (AvgIpc) is 2.48. The molecule has 1 aliphatic rings. The number of amides is 1. The van der Waals surface area contributed by atoms with E-state index in [1.807, 2.05) is 0 Å². The highest BCUT2D eigenvalue weighted by Gasteiger charge is 2.22. The van der Waals surface area contributed by atoms with Crippen LogP contribution >= 0.6 is 0 Å². The highest BCUT2D eigenvalue weighted by atomic mass is 16.6. The Morgan fingerprint density at radius 3 is 2.86 bits per heavy atom. The number of carbonyl (C=O) groups is 1. The predicted octanol–water partition coefficient (Wildman–Crippen LogP) is 2.83. The van der Waals surface area contributed by atoms with E-state index in [4.69, 9.17) is 4.74 Å². The van der Waals surface area contributed by atoms with Crippen molar-refractivity contribution in [3.05, 3.63) is 28.3 Å². The van der Waals surface area contributed by atoms with Crippen molar-refractivity contribution in [3.8, 4) is 5.75 Å². The minimum absolute atomic E-state index is 0.0797. The van der Waals surface area contributed by atoms with Gasteiger partial charge >= 0.3 is 5.69 Å². The van der Waals surface area contributed by atoms with Gasteiger partial charge in [0, 0.05) is 11.8 Å². The van der Waals surface area contributed by atoms with E-state index in [0.717, 1.165) is 25.3 Å². The number of anilines is 1. The zero-order chi connectivity index (χ0) is 16.1. The maximum Gasteiger partial charge on any atom is 0.312 e. The molecule has 2 N–H and O–H groups in total. The van der Waals surface area contributed by atoms with Crippen molar-refractivity contribution in [1.82, 2.24) is 0 Å². The highest BCUT2D eigenvalue weighted by Crippen LogP contribution is 2.29. The van der Waals surface area contributed by atoms with Crippen molar-refractivity contribution in [2.45, 2.75) is 38.7 Å². The first-order chi connectivity index (χ1) is 10.5. The van der Waals surface area contributed by atoms with Crippen molar-refractivity contribution in [1.29, 1.82) is 0 Å². The summed E-state index contributed by atoms with van der Waals surface area (Å²) < 4.78 is 5.64. The normalized spacial score (nSPS) is 21.3. The number of nitro groups is 1. The Hall–Kier alpha value is -2.15. The van der Waals surface area contributed by atoms with Crippen LogP contribution in [0, 0.1) is 16.0 Å². The molecule has 2 rings (SSSR count).